The molecule has 0 aromatic heterocycles. The molecular formula is C7H17N. The number of rotatable bonds is 3. The van der Waals surface area contributed by atoms with Gasteiger partial charge in [-0.15, -0.1) is 6.58 Å². The maximum Gasteiger partial charge on any atom is -0.0351 e. The Balaban J connectivity index is 0. The summed E-state index contributed by atoms with van der Waals surface area (Å²) in [5, 5.41) is 0. The minimum Gasteiger partial charge on any atom is -0.344 e. The van der Waals surface area contributed by atoms with Crippen LogP contribution in [0.2, 0.25) is 0 Å². The molecule has 0 rings (SSSR count). The highest BCUT2D eigenvalue weighted by Crippen LogP contribution is 2.02. The molecule has 0 spiro atoms. The van der Waals surface area contributed by atoms with Crippen molar-refractivity contribution in [3.63, 3.8) is 0 Å². The van der Waals surface area contributed by atoms with Gasteiger partial charge in [0.1, 0.15) is 0 Å². The highest BCUT2D eigenvalue weighted by atomic mass is 14.0. The second-order valence-corrected chi connectivity index (χ2v) is 2.26. The summed E-state index contributed by atoms with van der Waals surface area (Å²) in [5.41, 5.74) is 0. The number of hydrogen-bond donors (Lipinski definition) is 1. The first-order valence-electron chi connectivity index (χ1n) is 2.88. The largest absolute Gasteiger partial charge is 0.344 e. The van der Waals surface area contributed by atoms with Crippen LogP contribution in [-0.2, 0) is 0 Å². The van der Waals surface area contributed by atoms with Crippen molar-refractivity contribution in [2.75, 3.05) is 0 Å². The predicted molar refractivity (Wildman–Crippen MR) is 39.3 cm³/mol. The summed E-state index contributed by atoms with van der Waals surface area (Å²) in [6.07, 6.45) is 4.42. The normalized spacial score (nSPS) is 8.38. The van der Waals surface area contributed by atoms with Crippen LogP contribution in [0.15, 0.2) is 12.7 Å². The molecule has 1 heteroatoms. The summed E-state index contributed by atoms with van der Waals surface area (Å²) in [5.74, 6) is 0.831. The van der Waals surface area contributed by atoms with Gasteiger partial charge in [-0.2, -0.15) is 0 Å². The topological polar surface area (TPSA) is 35.0 Å². The van der Waals surface area contributed by atoms with Crippen LogP contribution in [0.4, 0.5) is 0 Å². The molecule has 0 heterocycles. The van der Waals surface area contributed by atoms with Crippen LogP contribution in [0, 0.1) is 5.92 Å². The Morgan fingerprint density at radius 3 is 2.12 bits per heavy atom. The summed E-state index contributed by atoms with van der Waals surface area (Å²) in [4.78, 5) is 0. The molecule has 50 valence electrons. The van der Waals surface area contributed by atoms with Crippen LogP contribution in [0.3, 0.4) is 0 Å². The Bertz CT molecular complexity index is 48.3. The van der Waals surface area contributed by atoms with E-state index in [2.05, 4.69) is 20.4 Å². The maximum atomic E-state index is 3.63. The highest BCUT2D eigenvalue weighted by Gasteiger charge is 1.87. The fourth-order valence-electron chi connectivity index (χ4n) is 0.451. The molecule has 8 heavy (non-hydrogen) atoms. The van der Waals surface area contributed by atoms with Gasteiger partial charge in [0, 0.05) is 0 Å². The first-order chi connectivity index (χ1) is 3.27. The Kier molecular flexibility index (Phi) is 8.91. The second-order valence-electron chi connectivity index (χ2n) is 2.26. The van der Waals surface area contributed by atoms with Gasteiger partial charge in [0.25, 0.3) is 0 Å². The summed E-state index contributed by atoms with van der Waals surface area (Å²) in [7, 11) is 0. The van der Waals surface area contributed by atoms with Crippen molar-refractivity contribution in [3.05, 3.63) is 12.7 Å². The van der Waals surface area contributed by atoms with Crippen LogP contribution >= 0.6 is 0 Å². The standard InChI is InChI=1S/C7H14.H3N/c1-4-5-6-7(2)3;/h4,7H,1,5-6H2,2-3H3;1H3. The van der Waals surface area contributed by atoms with E-state index in [0.717, 1.165) is 12.3 Å². The average Bonchev–Trinajstić information content (AvgIpc) is 1.61. The van der Waals surface area contributed by atoms with Crippen LogP contribution in [0.25, 0.3) is 0 Å². The van der Waals surface area contributed by atoms with Gasteiger partial charge in [-0.25, -0.2) is 0 Å². The van der Waals surface area contributed by atoms with Crippen LogP contribution in [0.1, 0.15) is 26.7 Å². The zero-order valence-electron chi connectivity index (χ0n) is 5.98. The second kappa shape index (κ2) is 6.70. The SMILES string of the molecule is C=CCCC(C)C.N. The molecule has 0 radical (unpaired) electrons. The van der Waals surface area contributed by atoms with E-state index in [1.165, 1.54) is 6.42 Å². The lowest BCUT2D eigenvalue weighted by molar-refractivity contribution is 0.595. The van der Waals surface area contributed by atoms with Gasteiger partial charge in [0.05, 0.1) is 0 Å². The summed E-state index contributed by atoms with van der Waals surface area (Å²) < 4.78 is 0. The van der Waals surface area contributed by atoms with Crippen molar-refractivity contribution >= 4 is 0 Å². The summed E-state index contributed by atoms with van der Waals surface area (Å²) >= 11 is 0. The van der Waals surface area contributed by atoms with Crippen molar-refractivity contribution in [3.8, 4) is 0 Å². The lowest BCUT2D eigenvalue weighted by Gasteiger charge is -1.96. The molecule has 3 N–H and O–H groups in total. The molecule has 0 aliphatic carbocycles. The fraction of sp³-hybridized carbons (Fsp3) is 0.714. The number of allylic oxidation sites excluding steroid dienone is 1. The smallest absolute Gasteiger partial charge is 0.0351 e. The van der Waals surface area contributed by atoms with Crippen molar-refractivity contribution in [2.24, 2.45) is 5.92 Å². The van der Waals surface area contributed by atoms with Crippen molar-refractivity contribution in [1.29, 1.82) is 0 Å². The third-order valence-corrected chi connectivity index (χ3v) is 0.948. The van der Waals surface area contributed by atoms with Gasteiger partial charge >= 0.3 is 0 Å². The quantitative estimate of drug-likeness (QED) is 0.564. The zero-order valence-corrected chi connectivity index (χ0v) is 5.98. The third kappa shape index (κ3) is 9.20. The molecule has 0 aromatic carbocycles. The predicted octanol–water partition coefficient (Wildman–Crippen LogP) is 2.77. The summed E-state index contributed by atoms with van der Waals surface area (Å²) in [6, 6.07) is 0. The Morgan fingerprint density at radius 1 is 1.50 bits per heavy atom. The van der Waals surface area contributed by atoms with E-state index >= 15 is 0 Å². The van der Waals surface area contributed by atoms with Crippen LogP contribution in [-0.4, -0.2) is 0 Å². The minimum atomic E-state index is 0. The van der Waals surface area contributed by atoms with E-state index in [9.17, 15) is 0 Å². The molecule has 0 aromatic rings. The molecule has 0 atom stereocenters. The summed E-state index contributed by atoms with van der Waals surface area (Å²) in [6.45, 7) is 8.08. The van der Waals surface area contributed by atoms with Crippen molar-refractivity contribution in [1.82, 2.24) is 6.15 Å². The van der Waals surface area contributed by atoms with Crippen LogP contribution in [0.5, 0.6) is 0 Å². The first kappa shape index (κ1) is 10.6. The monoisotopic (exact) mass is 115 g/mol. The van der Waals surface area contributed by atoms with Gasteiger partial charge < -0.3 is 6.15 Å². The minimum absolute atomic E-state index is 0. The van der Waals surface area contributed by atoms with Gasteiger partial charge in [-0.1, -0.05) is 19.9 Å². The maximum absolute atomic E-state index is 3.63. The molecule has 1 nitrogen and oxygen atoms in total. The Hall–Kier alpha value is -0.300. The van der Waals surface area contributed by atoms with Crippen molar-refractivity contribution in [2.45, 2.75) is 26.7 Å². The van der Waals surface area contributed by atoms with E-state index in [0.29, 0.717) is 0 Å². The van der Waals surface area contributed by atoms with E-state index in [-0.39, 0.29) is 6.15 Å². The molecule has 0 fully saturated rings. The molecule has 0 bridgehead atoms. The Labute approximate surface area is 52.4 Å². The van der Waals surface area contributed by atoms with Crippen molar-refractivity contribution < 1.29 is 0 Å². The fourth-order valence-corrected chi connectivity index (χ4v) is 0.451. The average molecular weight is 115 g/mol. The number of hydrogen-bond acceptors (Lipinski definition) is 1. The first-order valence-corrected chi connectivity index (χ1v) is 2.88. The molecular weight excluding hydrogens is 98.1 g/mol. The van der Waals surface area contributed by atoms with E-state index < -0.39 is 0 Å². The molecule has 0 saturated heterocycles. The molecule has 0 aliphatic heterocycles. The van der Waals surface area contributed by atoms with E-state index in [1.807, 2.05) is 6.08 Å². The molecule has 0 saturated carbocycles. The van der Waals surface area contributed by atoms with Gasteiger partial charge in [-0.05, 0) is 18.8 Å². The third-order valence-electron chi connectivity index (χ3n) is 0.948. The molecule has 0 unspecified atom stereocenters. The Morgan fingerprint density at radius 2 is 2.00 bits per heavy atom. The molecule has 0 amide bonds. The molecule has 0 aliphatic rings. The van der Waals surface area contributed by atoms with Gasteiger partial charge in [0.2, 0.25) is 0 Å². The van der Waals surface area contributed by atoms with E-state index in [4.69, 9.17) is 0 Å². The van der Waals surface area contributed by atoms with Gasteiger partial charge in [-0.3, -0.25) is 0 Å². The lowest BCUT2D eigenvalue weighted by atomic mass is 10.1. The van der Waals surface area contributed by atoms with Gasteiger partial charge in [0.15, 0.2) is 0 Å². The van der Waals surface area contributed by atoms with E-state index in [1.54, 1.807) is 0 Å². The lowest BCUT2D eigenvalue weighted by Crippen LogP contribution is -1.82. The zero-order chi connectivity index (χ0) is 5.70. The highest BCUT2D eigenvalue weighted by molar-refractivity contribution is 4.66. The van der Waals surface area contributed by atoms with Crippen LogP contribution < -0.4 is 6.15 Å².